The Kier molecular flexibility index (Phi) is 4.57. The van der Waals surface area contributed by atoms with Crippen LogP contribution in [0.4, 0.5) is 17.6 Å². The van der Waals surface area contributed by atoms with Crippen LogP contribution < -0.4 is 0 Å². The van der Waals surface area contributed by atoms with E-state index in [4.69, 9.17) is 0 Å². The molecule has 1 heterocycles. The molecule has 0 bridgehead atoms. The molecule has 0 atom stereocenters. The molecule has 0 spiro atoms. The number of alkyl halides is 3. The number of imidazole rings is 1. The molecule has 9 heteroatoms. The highest BCUT2D eigenvalue weighted by molar-refractivity contribution is 7.90. The zero-order chi connectivity index (χ0) is 18.9. The number of hydrogen-bond donors (Lipinski definition) is 0. The lowest BCUT2D eigenvalue weighted by Gasteiger charge is -2.10. The van der Waals surface area contributed by atoms with Gasteiger partial charge in [-0.3, -0.25) is 4.57 Å². The molecule has 4 nitrogen and oxygen atoms in total. The molecule has 0 aliphatic rings. The molecule has 3 aromatic rings. The van der Waals surface area contributed by atoms with Crippen LogP contribution in [0.1, 0.15) is 11.1 Å². The van der Waals surface area contributed by atoms with Crippen molar-refractivity contribution in [3.8, 4) is 5.69 Å². The molecular weight excluding hydrogens is 372 g/mol. The third-order valence-electron chi connectivity index (χ3n) is 3.61. The van der Waals surface area contributed by atoms with Gasteiger partial charge in [-0.1, -0.05) is 18.2 Å². The molecule has 136 valence electrons. The summed E-state index contributed by atoms with van der Waals surface area (Å²) in [6, 6.07) is 9.17. The Balaban J connectivity index is 1.92. The molecule has 0 saturated heterocycles. The first-order chi connectivity index (χ1) is 12.2. The second kappa shape index (κ2) is 6.56. The predicted octanol–water partition coefficient (Wildman–Crippen LogP) is 4.00. The molecule has 0 unspecified atom stereocenters. The molecule has 3 rings (SSSR count). The van der Waals surface area contributed by atoms with Gasteiger partial charge in [-0.25, -0.2) is 17.8 Å². The molecule has 0 N–H and O–H groups in total. The Morgan fingerprint density at radius 2 is 1.73 bits per heavy atom. The van der Waals surface area contributed by atoms with Crippen LogP contribution in [-0.2, 0) is 21.8 Å². The minimum absolute atomic E-state index is 0.187. The van der Waals surface area contributed by atoms with Gasteiger partial charge in [0.25, 0.3) is 0 Å². The van der Waals surface area contributed by atoms with Crippen LogP contribution >= 0.6 is 0 Å². The fourth-order valence-corrected chi connectivity index (χ4v) is 3.86. The van der Waals surface area contributed by atoms with Crippen LogP contribution in [0.5, 0.6) is 0 Å². The highest BCUT2D eigenvalue weighted by Gasteiger charge is 2.30. The molecule has 0 amide bonds. The van der Waals surface area contributed by atoms with Crippen molar-refractivity contribution in [1.29, 1.82) is 0 Å². The van der Waals surface area contributed by atoms with Gasteiger partial charge in [0.15, 0.2) is 0 Å². The lowest BCUT2D eigenvalue weighted by atomic mass is 10.1. The number of aromatic nitrogens is 2. The van der Waals surface area contributed by atoms with Crippen molar-refractivity contribution < 1.29 is 26.0 Å². The Morgan fingerprint density at radius 3 is 2.35 bits per heavy atom. The fourth-order valence-electron chi connectivity index (χ4n) is 2.42. The number of benzene rings is 2. The lowest BCUT2D eigenvalue weighted by Crippen LogP contribution is -2.12. The maximum absolute atomic E-state index is 13.4. The van der Waals surface area contributed by atoms with E-state index in [1.807, 2.05) is 0 Å². The minimum atomic E-state index is -4.49. The zero-order valence-electron chi connectivity index (χ0n) is 13.1. The second-order valence-electron chi connectivity index (χ2n) is 5.51. The van der Waals surface area contributed by atoms with Crippen molar-refractivity contribution in [2.75, 3.05) is 0 Å². The topological polar surface area (TPSA) is 52.0 Å². The van der Waals surface area contributed by atoms with Crippen LogP contribution in [-0.4, -0.2) is 18.0 Å². The molecule has 0 radical (unpaired) electrons. The van der Waals surface area contributed by atoms with Gasteiger partial charge in [-0.2, -0.15) is 13.2 Å². The molecule has 0 aliphatic carbocycles. The van der Waals surface area contributed by atoms with Crippen molar-refractivity contribution in [2.24, 2.45) is 0 Å². The molecule has 26 heavy (non-hydrogen) atoms. The van der Waals surface area contributed by atoms with Gasteiger partial charge >= 0.3 is 6.18 Å². The summed E-state index contributed by atoms with van der Waals surface area (Å²) in [6.07, 6.45) is -1.87. The molecule has 0 saturated carbocycles. The predicted molar refractivity (Wildman–Crippen MR) is 85.9 cm³/mol. The first kappa shape index (κ1) is 18.1. The summed E-state index contributed by atoms with van der Waals surface area (Å²) in [5.74, 6) is -1.07. The third-order valence-corrected chi connectivity index (χ3v) is 5.18. The van der Waals surface area contributed by atoms with Gasteiger partial charge in [-0.15, -0.1) is 0 Å². The van der Waals surface area contributed by atoms with Gasteiger partial charge in [0.1, 0.15) is 5.82 Å². The van der Waals surface area contributed by atoms with E-state index < -0.39 is 33.1 Å². The normalized spacial score (nSPS) is 12.3. The Labute approximate surface area is 146 Å². The average molecular weight is 384 g/mol. The number of rotatable bonds is 4. The smallest absolute Gasteiger partial charge is 0.291 e. The SMILES string of the molecule is O=S(=O)(Cc1ccc(C(F)(F)F)cc1)c1nccn1-c1cccc(F)c1. The summed E-state index contributed by atoms with van der Waals surface area (Å²) in [5, 5.41) is -0.317. The van der Waals surface area contributed by atoms with Gasteiger partial charge in [-0.05, 0) is 35.9 Å². The minimum Gasteiger partial charge on any atom is -0.291 e. The first-order valence-electron chi connectivity index (χ1n) is 7.35. The largest absolute Gasteiger partial charge is 0.416 e. The van der Waals surface area contributed by atoms with E-state index in [1.165, 1.54) is 35.2 Å². The molecule has 0 aliphatic heterocycles. The van der Waals surface area contributed by atoms with Crippen molar-refractivity contribution in [1.82, 2.24) is 9.55 Å². The summed E-state index contributed by atoms with van der Waals surface area (Å²) in [6.45, 7) is 0. The summed E-state index contributed by atoms with van der Waals surface area (Å²) >= 11 is 0. The van der Waals surface area contributed by atoms with E-state index in [9.17, 15) is 26.0 Å². The van der Waals surface area contributed by atoms with Crippen LogP contribution in [0.3, 0.4) is 0 Å². The fraction of sp³-hybridized carbons (Fsp3) is 0.118. The zero-order valence-corrected chi connectivity index (χ0v) is 13.9. The van der Waals surface area contributed by atoms with Crippen molar-refractivity contribution in [3.63, 3.8) is 0 Å². The monoisotopic (exact) mass is 384 g/mol. The molecular formula is C17H12F4N2O2S. The van der Waals surface area contributed by atoms with Gasteiger partial charge < -0.3 is 0 Å². The second-order valence-corrected chi connectivity index (χ2v) is 7.40. The molecule has 0 fully saturated rings. The van der Waals surface area contributed by atoms with Crippen molar-refractivity contribution in [2.45, 2.75) is 17.1 Å². The van der Waals surface area contributed by atoms with E-state index in [0.717, 1.165) is 30.3 Å². The summed E-state index contributed by atoms with van der Waals surface area (Å²) in [7, 11) is -3.96. The highest BCUT2D eigenvalue weighted by atomic mass is 32.2. The summed E-state index contributed by atoms with van der Waals surface area (Å²) in [4.78, 5) is 3.82. The number of sulfone groups is 1. The van der Waals surface area contributed by atoms with Gasteiger partial charge in [0.05, 0.1) is 17.0 Å². The number of nitrogens with zero attached hydrogens (tertiary/aromatic N) is 2. The quantitative estimate of drug-likeness (QED) is 0.639. The molecule has 2 aromatic carbocycles. The van der Waals surface area contributed by atoms with E-state index in [1.54, 1.807) is 0 Å². The van der Waals surface area contributed by atoms with Crippen LogP contribution in [0.25, 0.3) is 5.69 Å². The molecule has 1 aromatic heterocycles. The van der Waals surface area contributed by atoms with Crippen LogP contribution in [0, 0.1) is 5.82 Å². The Hall–Kier alpha value is -2.68. The third kappa shape index (κ3) is 3.77. The maximum atomic E-state index is 13.4. The Morgan fingerprint density at radius 1 is 1.04 bits per heavy atom. The van der Waals surface area contributed by atoms with E-state index in [-0.39, 0.29) is 16.4 Å². The standard InChI is InChI=1S/C17H12F4N2O2S/c18-14-2-1-3-15(10-14)23-9-8-22-16(23)26(24,25)11-12-4-6-13(7-5-12)17(19,20)21/h1-10H,11H2. The Bertz CT molecular complexity index is 1030. The number of hydrogen-bond acceptors (Lipinski definition) is 3. The highest BCUT2D eigenvalue weighted by Crippen LogP contribution is 2.29. The van der Waals surface area contributed by atoms with Crippen molar-refractivity contribution in [3.05, 3.63) is 77.9 Å². The summed E-state index contributed by atoms with van der Waals surface area (Å²) < 4.78 is 77.6. The summed E-state index contributed by atoms with van der Waals surface area (Å²) in [5.41, 5.74) is -0.403. The van der Waals surface area contributed by atoms with Crippen LogP contribution in [0.15, 0.2) is 66.1 Å². The van der Waals surface area contributed by atoms with E-state index in [0.29, 0.717) is 0 Å². The van der Waals surface area contributed by atoms with E-state index in [2.05, 4.69) is 4.98 Å². The van der Waals surface area contributed by atoms with Gasteiger partial charge in [0.2, 0.25) is 15.0 Å². The van der Waals surface area contributed by atoms with Gasteiger partial charge in [0, 0.05) is 12.4 Å². The maximum Gasteiger partial charge on any atom is 0.416 e. The van der Waals surface area contributed by atoms with Crippen molar-refractivity contribution >= 4 is 9.84 Å². The first-order valence-corrected chi connectivity index (χ1v) is 9.00. The van der Waals surface area contributed by atoms with Crippen LogP contribution in [0.2, 0.25) is 0 Å². The van der Waals surface area contributed by atoms with E-state index >= 15 is 0 Å². The lowest BCUT2D eigenvalue weighted by molar-refractivity contribution is -0.137. The number of halogens is 4. The average Bonchev–Trinajstić information content (AvgIpc) is 3.05.